The summed E-state index contributed by atoms with van der Waals surface area (Å²) in [5.41, 5.74) is 0. The highest BCUT2D eigenvalue weighted by atomic mass is 32.2. The van der Waals surface area contributed by atoms with Crippen molar-refractivity contribution in [1.82, 2.24) is 10.0 Å². The lowest BCUT2D eigenvalue weighted by Crippen LogP contribution is -2.27. The maximum Gasteiger partial charge on any atom is 0.261 e. The third-order valence-electron chi connectivity index (χ3n) is 4.00. The third-order valence-corrected chi connectivity index (χ3v) is 5.87. The van der Waals surface area contributed by atoms with E-state index in [0.717, 1.165) is 27.7 Å². The van der Waals surface area contributed by atoms with E-state index in [2.05, 4.69) is 10.0 Å². The largest absolute Gasteiger partial charge is 0.492 e. The molecule has 0 saturated heterocycles. The highest BCUT2D eigenvalue weighted by Crippen LogP contribution is 2.20. The normalized spacial score (nSPS) is 11.5. The molecule has 0 bridgehead atoms. The Hall–Kier alpha value is -2.42. The number of thiophene rings is 1. The Kier molecular flexibility index (Phi) is 6.66. The summed E-state index contributed by atoms with van der Waals surface area (Å²) < 4.78 is 30.3. The Bertz CT molecular complexity index is 1060. The fourth-order valence-electron chi connectivity index (χ4n) is 2.67. The lowest BCUT2D eigenvalue weighted by molar-refractivity contribution is 0.0951. The summed E-state index contributed by atoms with van der Waals surface area (Å²) in [6, 6.07) is 17.6. The minimum atomic E-state index is -3.19. The zero-order valence-corrected chi connectivity index (χ0v) is 17.1. The van der Waals surface area contributed by atoms with Gasteiger partial charge in [0.15, 0.2) is 0 Å². The van der Waals surface area contributed by atoms with Crippen LogP contribution in [0.1, 0.15) is 14.5 Å². The molecule has 2 N–H and O–H groups in total. The van der Waals surface area contributed by atoms with E-state index in [4.69, 9.17) is 4.74 Å². The molecule has 1 amide bonds. The lowest BCUT2D eigenvalue weighted by atomic mass is 10.1. The number of carbonyl (C=O) groups excluding carboxylic acids is 1. The molecule has 0 aliphatic carbocycles. The van der Waals surface area contributed by atoms with Crippen molar-refractivity contribution in [2.75, 3.05) is 26.0 Å². The van der Waals surface area contributed by atoms with E-state index >= 15 is 0 Å². The van der Waals surface area contributed by atoms with Crippen molar-refractivity contribution in [1.29, 1.82) is 0 Å². The fraction of sp³-hybridized carbons (Fsp3) is 0.250. The molecule has 1 heterocycles. The molecule has 3 aromatic rings. The lowest BCUT2D eigenvalue weighted by Gasteiger charge is -2.08. The van der Waals surface area contributed by atoms with Crippen LogP contribution in [0.4, 0.5) is 0 Å². The minimum absolute atomic E-state index is 0.158. The van der Waals surface area contributed by atoms with Crippen LogP contribution >= 0.6 is 11.3 Å². The standard InChI is InChI=1S/C20H22N2O4S2/c1-28(24,25)22-11-10-18-8-9-19(27-18)20(23)21-12-13-26-17-7-6-15-4-2-3-5-16(15)14-17/h2-9,14,22H,10-13H2,1H3,(H,21,23). The van der Waals surface area contributed by atoms with Crippen LogP contribution in [0.25, 0.3) is 10.8 Å². The predicted molar refractivity (Wildman–Crippen MR) is 113 cm³/mol. The van der Waals surface area contributed by atoms with Crippen LogP contribution in [0.2, 0.25) is 0 Å². The van der Waals surface area contributed by atoms with Crippen LogP contribution < -0.4 is 14.8 Å². The van der Waals surface area contributed by atoms with E-state index in [1.807, 2.05) is 48.5 Å². The summed E-state index contributed by atoms with van der Waals surface area (Å²) in [7, 11) is -3.19. The predicted octanol–water partition coefficient (Wildman–Crippen LogP) is 2.80. The first kappa shape index (κ1) is 20.3. The van der Waals surface area contributed by atoms with Crippen molar-refractivity contribution in [3.05, 3.63) is 64.4 Å². The van der Waals surface area contributed by atoms with Crippen molar-refractivity contribution < 1.29 is 17.9 Å². The van der Waals surface area contributed by atoms with Crippen LogP contribution in [0.3, 0.4) is 0 Å². The van der Waals surface area contributed by atoms with Gasteiger partial charge >= 0.3 is 0 Å². The van der Waals surface area contributed by atoms with Crippen molar-refractivity contribution in [3.63, 3.8) is 0 Å². The first-order chi connectivity index (χ1) is 13.4. The van der Waals surface area contributed by atoms with E-state index in [0.29, 0.717) is 31.0 Å². The highest BCUT2D eigenvalue weighted by Gasteiger charge is 2.09. The monoisotopic (exact) mass is 418 g/mol. The number of rotatable bonds is 9. The third kappa shape index (κ3) is 6.05. The summed E-state index contributed by atoms with van der Waals surface area (Å²) in [6.07, 6.45) is 1.68. The van der Waals surface area contributed by atoms with E-state index < -0.39 is 10.0 Å². The van der Waals surface area contributed by atoms with E-state index in [1.54, 1.807) is 6.07 Å². The Balaban J connectivity index is 1.42. The Morgan fingerprint density at radius 1 is 1.04 bits per heavy atom. The Labute approximate surface area is 168 Å². The summed E-state index contributed by atoms with van der Waals surface area (Å²) in [5.74, 6) is 0.610. The number of nitrogens with one attached hydrogen (secondary N) is 2. The number of sulfonamides is 1. The molecule has 148 valence electrons. The second-order valence-corrected chi connectivity index (χ2v) is 9.30. The van der Waals surface area contributed by atoms with Crippen molar-refractivity contribution in [3.8, 4) is 5.75 Å². The molecule has 8 heteroatoms. The van der Waals surface area contributed by atoms with E-state index in [-0.39, 0.29) is 5.91 Å². The first-order valence-electron chi connectivity index (χ1n) is 8.84. The topological polar surface area (TPSA) is 84.5 Å². The van der Waals surface area contributed by atoms with Gasteiger partial charge in [-0.2, -0.15) is 0 Å². The van der Waals surface area contributed by atoms with Gasteiger partial charge in [0.25, 0.3) is 5.91 Å². The molecule has 1 aromatic heterocycles. The average molecular weight is 419 g/mol. The zero-order valence-electron chi connectivity index (χ0n) is 15.5. The zero-order chi connectivity index (χ0) is 20.0. The maximum atomic E-state index is 12.2. The van der Waals surface area contributed by atoms with Gasteiger partial charge in [-0.15, -0.1) is 11.3 Å². The molecule has 6 nitrogen and oxygen atoms in total. The van der Waals surface area contributed by atoms with Gasteiger partial charge in [-0.25, -0.2) is 13.1 Å². The molecule has 2 aromatic carbocycles. The van der Waals surface area contributed by atoms with Crippen LogP contribution in [-0.4, -0.2) is 40.3 Å². The second kappa shape index (κ2) is 9.18. The van der Waals surface area contributed by atoms with E-state index in [1.165, 1.54) is 11.3 Å². The summed E-state index contributed by atoms with van der Waals surface area (Å²) >= 11 is 1.36. The van der Waals surface area contributed by atoms with Gasteiger partial charge in [-0.3, -0.25) is 4.79 Å². The number of amides is 1. The first-order valence-corrected chi connectivity index (χ1v) is 11.5. The molecular weight excluding hydrogens is 396 g/mol. The number of benzene rings is 2. The van der Waals surface area contributed by atoms with Crippen LogP contribution in [0.15, 0.2) is 54.6 Å². The molecule has 28 heavy (non-hydrogen) atoms. The summed E-state index contributed by atoms with van der Waals surface area (Å²) in [6.45, 7) is 1.09. The van der Waals surface area contributed by atoms with Crippen molar-refractivity contribution >= 4 is 38.0 Å². The molecule has 3 rings (SSSR count). The Morgan fingerprint density at radius 2 is 1.82 bits per heavy atom. The molecule has 0 aliphatic rings. The number of hydrogen-bond donors (Lipinski definition) is 2. The molecule has 0 radical (unpaired) electrons. The highest BCUT2D eigenvalue weighted by molar-refractivity contribution is 7.88. The quantitative estimate of drug-likeness (QED) is 0.524. The van der Waals surface area contributed by atoms with Gasteiger partial charge in [0, 0.05) is 11.4 Å². The molecular formula is C20H22N2O4S2. The number of hydrogen-bond acceptors (Lipinski definition) is 5. The fourth-order valence-corrected chi connectivity index (χ4v) is 4.07. The van der Waals surface area contributed by atoms with Crippen LogP contribution in [-0.2, 0) is 16.4 Å². The van der Waals surface area contributed by atoms with Crippen LogP contribution in [0, 0.1) is 0 Å². The summed E-state index contributed by atoms with van der Waals surface area (Å²) in [5, 5.41) is 5.10. The number of fused-ring (bicyclic) bond motifs is 1. The van der Waals surface area contributed by atoms with Crippen molar-refractivity contribution in [2.45, 2.75) is 6.42 Å². The smallest absolute Gasteiger partial charge is 0.261 e. The molecule has 0 fully saturated rings. The van der Waals surface area contributed by atoms with Gasteiger partial charge < -0.3 is 10.1 Å². The second-order valence-electron chi connectivity index (χ2n) is 6.30. The van der Waals surface area contributed by atoms with Crippen LogP contribution in [0.5, 0.6) is 5.75 Å². The minimum Gasteiger partial charge on any atom is -0.492 e. The molecule has 0 aliphatic heterocycles. The molecule has 0 atom stereocenters. The number of carbonyl (C=O) groups is 1. The molecule has 0 unspecified atom stereocenters. The average Bonchev–Trinajstić information content (AvgIpc) is 3.13. The molecule has 0 saturated carbocycles. The Morgan fingerprint density at radius 3 is 2.61 bits per heavy atom. The van der Waals surface area contributed by atoms with Gasteiger partial charge in [0.1, 0.15) is 12.4 Å². The van der Waals surface area contributed by atoms with Gasteiger partial charge in [0.2, 0.25) is 10.0 Å². The van der Waals surface area contributed by atoms with Gasteiger partial charge in [-0.1, -0.05) is 30.3 Å². The van der Waals surface area contributed by atoms with Gasteiger partial charge in [0.05, 0.1) is 17.7 Å². The van der Waals surface area contributed by atoms with E-state index in [9.17, 15) is 13.2 Å². The molecule has 0 spiro atoms. The SMILES string of the molecule is CS(=O)(=O)NCCc1ccc(C(=O)NCCOc2ccc3ccccc3c2)s1. The maximum absolute atomic E-state index is 12.2. The van der Waals surface area contributed by atoms with Crippen molar-refractivity contribution in [2.24, 2.45) is 0 Å². The summed E-state index contributed by atoms with van der Waals surface area (Å²) in [4.78, 5) is 13.8. The van der Waals surface area contributed by atoms with Gasteiger partial charge in [-0.05, 0) is 41.5 Å². The number of ether oxygens (including phenoxy) is 1.